The lowest BCUT2D eigenvalue weighted by molar-refractivity contribution is 0.0384. The van der Waals surface area contributed by atoms with E-state index in [4.69, 9.17) is 4.74 Å². The summed E-state index contributed by atoms with van der Waals surface area (Å²) in [5, 5.41) is 0. The van der Waals surface area contributed by atoms with Gasteiger partial charge >= 0.3 is 5.97 Å². The molecule has 0 saturated heterocycles. The maximum Gasteiger partial charge on any atom is 0.348 e. The topological polar surface area (TPSA) is 26.3 Å². The molecule has 1 heterocycles. The Labute approximate surface area is 88.9 Å². The van der Waals surface area contributed by atoms with Crippen molar-refractivity contribution in [3.05, 3.63) is 21.4 Å². The minimum atomic E-state index is -0.201. The van der Waals surface area contributed by atoms with Gasteiger partial charge in [0.2, 0.25) is 0 Å². The Hall–Kier alpha value is -0.830. The average Bonchev–Trinajstić information content (AvgIpc) is 2.45. The molecule has 0 radical (unpaired) electrons. The lowest BCUT2D eigenvalue weighted by atomic mass is 10.2. The average molecular weight is 212 g/mol. The predicted molar refractivity (Wildman–Crippen MR) is 59.0 cm³/mol. The monoisotopic (exact) mass is 212 g/mol. The SMILES string of the molecule is CCc1cc(C(=O)OC(C)C)sc1C. The number of ether oxygens (including phenoxy) is 1. The lowest BCUT2D eigenvalue weighted by Crippen LogP contribution is -2.10. The van der Waals surface area contributed by atoms with Crippen LogP contribution >= 0.6 is 11.3 Å². The van der Waals surface area contributed by atoms with Crippen LogP contribution in [-0.2, 0) is 11.2 Å². The van der Waals surface area contributed by atoms with Crippen LogP contribution in [0.5, 0.6) is 0 Å². The Morgan fingerprint density at radius 3 is 2.64 bits per heavy atom. The molecule has 0 fully saturated rings. The van der Waals surface area contributed by atoms with E-state index in [0.717, 1.165) is 6.42 Å². The van der Waals surface area contributed by atoms with Gasteiger partial charge in [-0.25, -0.2) is 4.79 Å². The Kier molecular flexibility index (Phi) is 3.69. The third-order valence-corrected chi connectivity index (χ3v) is 3.02. The molecular weight excluding hydrogens is 196 g/mol. The van der Waals surface area contributed by atoms with Crippen molar-refractivity contribution in [1.82, 2.24) is 0 Å². The molecule has 78 valence electrons. The first-order valence-corrected chi connectivity index (χ1v) is 5.66. The minimum absolute atomic E-state index is 0.0463. The van der Waals surface area contributed by atoms with E-state index in [1.807, 2.05) is 26.8 Å². The summed E-state index contributed by atoms with van der Waals surface area (Å²) in [6, 6.07) is 1.94. The largest absolute Gasteiger partial charge is 0.459 e. The fourth-order valence-corrected chi connectivity index (χ4v) is 2.24. The first-order chi connectivity index (χ1) is 6.54. The summed E-state index contributed by atoms with van der Waals surface area (Å²) in [6.07, 6.45) is 0.923. The molecule has 0 saturated carbocycles. The van der Waals surface area contributed by atoms with Gasteiger partial charge in [0, 0.05) is 4.88 Å². The second-order valence-corrected chi connectivity index (χ2v) is 4.76. The molecule has 0 aliphatic carbocycles. The quantitative estimate of drug-likeness (QED) is 0.719. The summed E-state index contributed by atoms with van der Waals surface area (Å²) in [5.74, 6) is -0.201. The van der Waals surface area contributed by atoms with Gasteiger partial charge in [0.05, 0.1) is 6.10 Å². The van der Waals surface area contributed by atoms with Crippen molar-refractivity contribution in [2.75, 3.05) is 0 Å². The highest BCUT2D eigenvalue weighted by atomic mass is 32.1. The number of carbonyl (C=O) groups excluding carboxylic acids is 1. The van der Waals surface area contributed by atoms with Gasteiger partial charge < -0.3 is 4.74 Å². The molecule has 0 aromatic carbocycles. The number of carbonyl (C=O) groups is 1. The van der Waals surface area contributed by atoms with E-state index in [1.54, 1.807) is 0 Å². The van der Waals surface area contributed by atoms with Gasteiger partial charge in [-0.05, 0) is 38.8 Å². The number of rotatable bonds is 3. The van der Waals surface area contributed by atoms with Crippen LogP contribution in [-0.4, -0.2) is 12.1 Å². The summed E-state index contributed by atoms with van der Waals surface area (Å²) < 4.78 is 5.12. The van der Waals surface area contributed by atoms with Crippen molar-refractivity contribution in [2.45, 2.75) is 40.2 Å². The van der Waals surface area contributed by atoms with Gasteiger partial charge in [0.15, 0.2) is 0 Å². The van der Waals surface area contributed by atoms with Gasteiger partial charge in [-0.3, -0.25) is 0 Å². The summed E-state index contributed by atoms with van der Waals surface area (Å²) in [4.78, 5) is 13.5. The third-order valence-electron chi connectivity index (χ3n) is 1.95. The Morgan fingerprint density at radius 1 is 1.57 bits per heavy atom. The van der Waals surface area contributed by atoms with Crippen LogP contribution in [0.15, 0.2) is 6.07 Å². The number of aryl methyl sites for hydroxylation is 2. The summed E-state index contributed by atoms with van der Waals surface area (Å²) in [7, 11) is 0. The van der Waals surface area contributed by atoms with E-state index in [1.165, 1.54) is 21.8 Å². The maximum atomic E-state index is 11.5. The van der Waals surface area contributed by atoms with Crippen molar-refractivity contribution in [2.24, 2.45) is 0 Å². The van der Waals surface area contributed by atoms with Crippen LogP contribution in [0.1, 0.15) is 40.9 Å². The summed E-state index contributed by atoms with van der Waals surface area (Å²) in [6.45, 7) is 7.85. The molecule has 0 spiro atoms. The minimum Gasteiger partial charge on any atom is -0.459 e. The molecule has 0 bridgehead atoms. The molecule has 1 rings (SSSR count). The highest BCUT2D eigenvalue weighted by molar-refractivity contribution is 7.14. The molecule has 2 nitrogen and oxygen atoms in total. The van der Waals surface area contributed by atoms with E-state index in [0.29, 0.717) is 4.88 Å². The van der Waals surface area contributed by atoms with Crippen molar-refractivity contribution < 1.29 is 9.53 Å². The molecule has 14 heavy (non-hydrogen) atoms. The van der Waals surface area contributed by atoms with E-state index in [9.17, 15) is 4.79 Å². The van der Waals surface area contributed by atoms with Crippen molar-refractivity contribution in [1.29, 1.82) is 0 Å². The summed E-state index contributed by atoms with van der Waals surface area (Å²) in [5.41, 5.74) is 1.24. The first-order valence-electron chi connectivity index (χ1n) is 4.84. The van der Waals surface area contributed by atoms with Crippen molar-refractivity contribution in [3.63, 3.8) is 0 Å². The molecule has 0 amide bonds. The van der Waals surface area contributed by atoms with Crippen LogP contribution in [0.3, 0.4) is 0 Å². The zero-order chi connectivity index (χ0) is 10.7. The zero-order valence-corrected chi connectivity index (χ0v) is 9.90. The zero-order valence-electron chi connectivity index (χ0n) is 9.09. The fourth-order valence-electron chi connectivity index (χ4n) is 1.24. The Morgan fingerprint density at radius 2 is 2.21 bits per heavy atom. The number of hydrogen-bond donors (Lipinski definition) is 0. The van der Waals surface area contributed by atoms with Crippen LogP contribution in [0, 0.1) is 6.92 Å². The molecule has 1 aromatic rings. The normalized spacial score (nSPS) is 10.6. The summed E-state index contributed by atoms with van der Waals surface area (Å²) >= 11 is 1.51. The molecule has 0 unspecified atom stereocenters. The van der Waals surface area contributed by atoms with Crippen LogP contribution in [0.4, 0.5) is 0 Å². The van der Waals surface area contributed by atoms with Gasteiger partial charge in [-0.1, -0.05) is 6.92 Å². The van der Waals surface area contributed by atoms with E-state index in [2.05, 4.69) is 6.92 Å². The fraction of sp³-hybridized carbons (Fsp3) is 0.545. The van der Waals surface area contributed by atoms with Gasteiger partial charge in [-0.2, -0.15) is 0 Å². The molecule has 0 aliphatic rings. The van der Waals surface area contributed by atoms with Crippen LogP contribution in [0.2, 0.25) is 0 Å². The van der Waals surface area contributed by atoms with E-state index in [-0.39, 0.29) is 12.1 Å². The molecule has 1 aromatic heterocycles. The number of esters is 1. The number of hydrogen-bond acceptors (Lipinski definition) is 3. The molecular formula is C11H16O2S. The van der Waals surface area contributed by atoms with Crippen LogP contribution < -0.4 is 0 Å². The first kappa shape index (κ1) is 11.2. The van der Waals surface area contributed by atoms with E-state index < -0.39 is 0 Å². The predicted octanol–water partition coefficient (Wildman–Crippen LogP) is 3.18. The highest BCUT2D eigenvalue weighted by Crippen LogP contribution is 2.22. The lowest BCUT2D eigenvalue weighted by Gasteiger charge is -2.05. The second-order valence-electron chi connectivity index (χ2n) is 3.50. The Balaban J connectivity index is 2.80. The molecule has 0 atom stereocenters. The second kappa shape index (κ2) is 4.60. The van der Waals surface area contributed by atoms with E-state index >= 15 is 0 Å². The standard InChI is InChI=1S/C11H16O2S/c1-5-9-6-10(14-8(9)4)11(12)13-7(2)3/h6-7H,5H2,1-4H3. The third kappa shape index (κ3) is 2.58. The maximum absolute atomic E-state index is 11.5. The molecule has 0 aliphatic heterocycles. The molecule has 3 heteroatoms. The van der Waals surface area contributed by atoms with Gasteiger partial charge in [-0.15, -0.1) is 11.3 Å². The Bertz CT molecular complexity index is 326. The van der Waals surface area contributed by atoms with Gasteiger partial charge in [0.25, 0.3) is 0 Å². The van der Waals surface area contributed by atoms with Crippen molar-refractivity contribution in [3.8, 4) is 0 Å². The van der Waals surface area contributed by atoms with Crippen LogP contribution in [0.25, 0.3) is 0 Å². The molecule has 0 N–H and O–H groups in total. The number of thiophene rings is 1. The van der Waals surface area contributed by atoms with Gasteiger partial charge in [0.1, 0.15) is 4.88 Å². The highest BCUT2D eigenvalue weighted by Gasteiger charge is 2.13. The smallest absolute Gasteiger partial charge is 0.348 e. The van der Waals surface area contributed by atoms with Crippen molar-refractivity contribution >= 4 is 17.3 Å².